The molecule has 0 saturated carbocycles. The zero-order valence-electron chi connectivity index (χ0n) is 6.38. The number of rotatable bonds is 2. The van der Waals surface area contributed by atoms with Crippen LogP contribution in [0.4, 0.5) is 0 Å². The average Bonchev–Trinajstić information content (AvgIpc) is 2.03. The van der Waals surface area contributed by atoms with Gasteiger partial charge in [-0.2, -0.15) is 14.7 Å². The first-order valence-electron chi connectivity index (χ1n) is 3.41. The van der Waals surface area contributed by atoms with E-state index in [0.29, 0.717) is 6.54 Å². The van der Waals surface area contributed by atoms with Crippen molar-refractivity contribution in [1.29, 1.82) is 0 Å². The van der Waals surface area contributed by atoms with Crippen molar-refractivity contribution in [3.8, 4) is 0 Å². The van der Waals surface area contributed by atoms with Gasteiger partial charge in [0.15, 0.2) is 5.30 Å². The zero-order valence-corrected chi connectivity index (χ0v) is 7.28. The molecule has 0 aliphatic heterocycles. The maximum absolute atomic E-state index is 8.84. The SMILES string of the molecule is NCc1ccc([P+](O)(O)O)cc1. The zero-order chi connectivity index (χ0) is 9.19. The van der Waals surface area contributed by atoms with Crippen LogP contribution in [0, 0.1) is 0 Å². The summed E-state index contributed by atoms with van der Waals surface area (Å²) in [5.74, 6) is 0. The molecule has 0 saturated heterocycles. The summed E-state index contributed by atoms with van der Waals surface area (Å²) in [6.07, 6.45) is 0. The number of hydrogen-bond donors (Lipinski definition) is 4. The Morgan fingerprint density at radius 3 is 1.92 bits per heavy atom. The fourth-order valence-electron chi connectivity index (χ4n) is 0.832. The van der Waals surface area contributed by atoms with Crippen LogP contribution in [0.1, 0.15) is 5.56 Å². The van der Waals surface area contributed by atoms with E-state index < -0.39 is 7.94 Å². The van der Waals surface area contributed by atoms with E-state index in [4.69, 9.17) is 20.4 Å². The van der Waals surface area contributed by atoms with Gasteiger partial charge >= 0.3 is 7.94 Å². The third-order valence-electron chi connectivity index (χ3n) is 1.52. The molecule has 0 bridgehead atoms. The number of hydrogen-bond acceptors (Lipinski definition) is 4. The summed E-state index contributed by atoms with van der Waals surface area (Å²) in [5.41, 5.74) is 6.21. The first kappa shape index (κ1) is 9.58. The van der Waals surface area contributed by atoms with Crippen LogP contribution in [0.15, 0.2) is 24.3 Å². The Balaban J connectivity index is 2.93. The standard InChI is InChI=1S/C7H11NO3P/c8-5-6-1-3-7(4-2-6)12(9,10)11/h1-4,9-11H,5,8H2/q+1. The minimum Gasteiger partial charge on any atom is -0.326 e. The number of nitrogens with two attached hydrogens (primary N) is 1. The molecule has 66 valence electrons. The molecule has 0 amide bonds. The third-order valence-corrected chi connectivity index (χ3v) is 2.51. The van der Waals surface area contributed by atoms with Crippen LogP contribution in [-0.2, 0) is 6.54 Å². The normalized spacial score (nSPS) is 11.7. The first-order chi connectivity index (χ1) is 5.54. The van der Waals surface area contributed by atoms with Gasteiger partial charge in [0.25, 0.3) is 0 Å². The molecule has 0 atom stereocenters. The van der Waals surface area contributed by atoms with Crippen LogP contribution in [0.3, 0.4) is 0 Å². The van der Waals surface area contributed by atoms with Gasteiger partial charge in [0.05, 0.1) is 0 Å². The molecule has 0 unspecified atom stereocenters. The summed E-state index contributed by atoms with van der Waals surface area (Å²) in [5, 5.41) is 0.139. The summed E-state index contributed by atoms with van der Waals surface area (Å²) < 4.78 is 0. The smallest absolute Gasteiger partial charge is 0.326 e. The van der Waals surface area contributed by atoms with Crippen molar-refractivity contribution in [1.82, 2.24) is 0 Å². The van der Waals surface area contributed by atoms with Gasteiger partial charge in [0.1, 0.15) is 0 Å². The molecule has 1 rings (SSSR count). The molecule has 12 heavy (non-hydrogen) atoms. The van der Waals surface area contributed by atoms with Crippen molar-refractivity contribution in [2.75, 3.05) is 0 Å². The van der Waals surface area contributed by atoms with Gasteiger partial charge < -0.3 is 5.73 Å². The van der Waals surface area contributed by atoms with E-state index in [0.717, 1.165) is 5.56 Å². The molecule has 5 heteroatoms. The predicted molar refractivity (Wildman–Crippen MR) is 47.5 cm³/mol. The average molecular weight is 188 g/mol. The van der Waals surface area contributed by atoms with Gasteiger partial charge in [0, 0.05) is 6.54 Å². The Kier molecular flexibility index (Phi) is 2.77. The summed E-state index contributed by atoms with van der Waals surface area (Å²) in [6, 6.07) is 6.20. The first-order valence-corrected chi connectivity index (χ1v) is 5.05. The van der Waals surface area contributed by atoms with E-state index in [1.54, 1.807) is 12.1 Å². The largest absolute Gasteiger partial charge is 0.440 e. The molecule has 0 spiro atoms. The fraction of sp³-hybridized carbons (Fsp3) is 0.143. The molecular formula is C7H11NO3P+. The van der Waals surface area contributed by atoms with Crippen LogP contribution in [-0.4, -0.2) is 14.7 Å². The molecule has 0 aromatic heterocycles. The summed E-state index contributed by atoms with van der Waals surface area (Å²) in [4.78, 5) is 26.5. The molecule has 1 aromatic rings. The highest BCUT2D eigenvalue weighted by Crippen LogP contribution is 2.42. The minimum atomic E-state index is -3.84. The van der Waals surface area contributed by atoms with Crippen molar-refractivity contribution in [3.05, 3.63) is 29.8 Å². The molecule has 4 nitrogen and oxygen atoms in total. The van der Waals surface area contributed by atoms with Crippen molar-refractivity contribution in [2.24, 2.45) is 5.73 Å². The van der Waals surface area contributed by atoms with Gasteiger partial charge in [-0.05, 0) is 17.7 Å². The summed E-state index contributed by atoms with van der Waals surface area (Å²) in [6.45, 7) is 0.397. The van der Waals surface area contributed by atoms with Gasteiger partial charge in [-0.25, -0.2) is 0 Å². The minimum absolute atomic E-state index is 0.139. The highest BCUT2D eigenvalue weighted by Gasteiger charge is 2.33. The van der Waals surface area contributed by atoms with Crippen molar-refractivity contribution >= 4 is 13.2 Å². The van der Waals surface area contributed by atoms with E-state index >= 15 is 0 Å². The van der Waals surface area contributed by atoms with Gasteiger partial charge in [-0.15, -0.1) is 0 Å². The second kappa shape index (κ2) is 3.47. The lowest BCUT2D eigenvalue weighted by atomic mass is 10.2. The van der Waals surface area contributed by atoms with Gasteiger partial charge in [-0.1, -0.05) is 12.1 Å². The Labute approximate surface area is 70.9 Å². The molecule has 0 radical (unpaired) electrons. The second-order valence-corrected chi connectivity index (χ2v) is 4.09. The maximum Gasteiger partial charge on any atom is 0.440 e. The molecule has 0 aliphatic carbocycles. The third kappa shape index (κ3) is 2.24. The van der Waals surface area contributed by atoms with Crippen molar-refractivity contribution in [3.63, 3.8) is 0 Å². The predicted octanol–water partition coefficient (Wildman–Crippen LogP) is -0.490. The van der Waals surface area contributed by atoms with Crippen LogP contribution in [0.2, 0.25) is 0 Å². The van der Waals surface area contributed by atoms with Crippen LogP contribution >= 0.6 is 7.94 Å². The highest BCUT2D eigenvalue weighted by atomic mass is 31.2. The Morgan fingerprint density at radius 2 is 1.58 bits per heavy atom. The quantitative estimate of drug-likeness (QED) is 0.472. The Morgan fingerprint density at radius 1 is 1.08 bits per heavy atom. The van der Waals surface area contributed by atoms with Gasteiger partial charge in [-0.3, -0.25) is 0 Å². The summed E-state index contributed by atoms with van der Waals surface area (Å²) >= 11 is 0. The monoisotopic (exact) mass is 188 g/mol. The van der Waals surface area contributed by atoms with E-state index in [9.17, 15) is 0 Å². The highest BCUT2D eigenvalue weighted by molar-refractivity contribution is 7.66. The van der Waals surface area contributed by atoms with Crippen LogP contribution in [0.5, 0.6) is 0 Å². The maximum atomic E-state index is 8.84. The molecular weight excluding hydrogens is 177 g/mol. The summed E-state index contributed by atoms with van der Waals surface area (Å²) in [7, 11) is -3.84. The van der Waals surface area contributed by atoms with E-state index in [1.807, 2.05) is 0 Å². The van der Waals surface area contributed by atoms with Crippen LogP contribution < -0.4 is 11.0 Å². The van der Waals surface area contributed by atoms with Crippen molar-refractivity contribution < 1.29 is 14.7 Å². The molecule has 0 fully saturated rings. The lowest BCUT2D eigenvalue weighted by Crippen LogP contribution is -2.09. The van der Waals surface area contributed by atoms with Crippen molar-refractivity contribution in [2.45, 2.75) is 6.54 Å². The van der Waals surface area contributed by atoms with E-state index in [2.05, 4.69) is 0 Å². The molecule has 1 aromatic carbocycles. The van der Waals surface area contributed by atoms with Gasteiger partial charge in [0.2, 0.25) is 0 Å². The molecule has 0 aliphatic rings. The lowest BCUT2D eigenvalue weighted by Gasteiger charge is -2.03. The topological polar surface area (TPSA) is 86.7 Å². The second-order valence-electron chi connectivity index (χ2n) is 2.44. The molecule has 5 N–H and O–H groups in total. The Hall–Kier alpha value is -0.510. The van der Waals surface area contributed by atoms with E-state index in [1.165, 1.54) is 12.1 Å². The van der Waals surface area contributed by atoms with E-state index in [-0.39, 0.29) is 5.30 Å². The number of benzene rings is 1. The lowest BCUT2D eigenvalue weighted by molar-refractivity contribution is 0.347. The fourth-order valence-corrected chi connectivity index (χ4v) is 1.38. The molecule has 0 heterocycles. The Bertz CT molecular complexity index is 254. The van der Waals surface area contributed by atoms with Crippen LogP contribution in [0.25, 0.3) is 0 Å².